The molecule has 0 aliphatic rings. The average Bonchev–Trinajstić information content (AvgIpc) is 2.10. The third-order valence-corrected chi connectivity index (χ3v) is 2.41. The first-order chi connectivity index (χ1) is 6.43. The highest BCUT2D eigenvalue weighted by atomic mass is 79.9. The molecule has 0 aromatic heterocycles. The Kier molecular flexibility index (Phi) is 3.37. The van der Waals surface area contributed by atoms with Crippen molar-refractivity contribution in [3.63, 3.8) is 0 Å². The van der Waals surface area contributed by atoms with Gasteiger partial charge in [0.25, 0.3) is 0 Å². The minimum absolute atomic E-state index is 0.0234. The lowest BCUT2D eigenvalue weighted by Gasteiger charge is -2.06. The summed E-state index contributed by atoms with van der Waals surface area (Å²) in [5.41, 5.74) is -0.194. The first-order valence-electron chi connectivity index (χ1n) is 4.12. The third-order valence-electron chi connectivity index (χ3n) is 1.80. The van der Waals surface area contributed by atoms with Crippen LogP contribution in [0.3, 0.4) is 0 Å². The van der Waals surface area contributed by atoms with Crippen molar-refractivity contribution in [3.05, 3.63) is 33.8 Å². The number of carbonyl (C=O) groups is 1. The largest absolute Gasteiger partial charge is 0.294 e. The fraction of sp³-hybridized carbons (Fsp3) is 0.300. The number of ketones is 1. The summed E-state index contributed by atoms with van der Waals surface area (Å²) in [5.74, 6) is -2.06. The molecule has 0 amide bonds. The highest BCUT2D eigenvalue weighted by Gasteiger charge is 2.17. The number of rotatable bonds is 2. The van der Waals surface area contributed by atoms with Crippen LogP contribution in [0.4, 0.5) is 8.78 Å². The van der Waals surface area contributed by atoms with E-state index in [0.717, 1.165) is 12.1 Å². The molecule has 0 aliphatic heterocycles. The van der Waals surface area contributed by atoms with Gasteiger partial charge >= 0.3 is 0 Å². The van der Waals surface area contributed by atoms with Crippen LogP contribution in [0.15, 0.2) is 16.6 Å². The van der Waals surface area contributed by atoms with Crippen molar-refractivity contribution in [1.29, 1.82) is 0 Å². The highest BCUT2D eigenvalue weighted by molar-refractivity contribution is 9.10. The number of carbonyl (C=O) groups excluding carboxylic acids is 1. The molecule has 4 heteroatoms. The molecule has 1 aromatic rings. The quantitative estimate of drug-likeness (QED) is 0.589. The van der Waals surface area contributed by atoms with Crippen LogP contribution in [-0.2, 0) is 0 Å². The Morgan fingerprint density at radius 3 is 2.36 bits per heavy atom. The lowest BCUT2D eigenvalue weighted by Crippen LogP contribution is -2.10. The van der Waals surface area contributed by atoms with Gasteiger partial charge in [-0.15, -0.1) is 0 Å². The zero-order chi connectivity index (χ0) is 10.9. The summed E-state index contributed by atoms with van der Waals surface area (Å²) in [4.78, 5) is 11.4. The Morgan fingerprint density at radius 1 is 1.29 bits per heavy atom. The first-order valence-corrected chi connectivity index (χ1v) is 4.91. The topological polar surface area (TPSA) is 17.1 Å². The lowest BCUT2D eigenvalue weighted by atomic mass is 10.0. The number of Topliss-reactive ketones (excluding diaryl/α,β-unsaturated/α-hetero) is 1. The Hall–Kier alpha value is -0.770. The molecule has 0 saturated heterocycles. The van der Waals surface area contributed by atoms with E-state index >= 15 is 0 Å². The summed E-state index contributed by atoms with van der Waals surface area (Å²) < 4.78 is 26.3. The maximum Gasteiger partial charge on any atom is 0.168 e. The van der Waals surface area contributed by atoms with Crippen LogP contribution < -0.4 is 0 Å². The van der Waals surface area contributed by atoms with Crippen LogP contribution in [0.25, 0.3) is 0 Å². The molecule has 0 atom stereocenters. The monoisotopic (exact) mass is 262 g/mol. The fourth-order valence-electron chi connectivity index (χ4n) is 1.02. The fourth-order valence-corrected chi connectivity index (χ4v) is 1.34. The van der Waals surface area contributed by atoms with E-state index in [9.17, 15) is 13.6 Å². The maximum absolute atomic E-state index is 13.2. The molecule has 76 valence electrons. The van der Waals surface area contributed by atoms with Crippen LogP contribution in [0, 0.1) is 17.6 Å². The molecular weight excluding hydrogens is 254 g/mol. The number of halogens is 3. The molecule has 0 spiro atoms. The summed E-state index contributed by atoms with van der Waals surface area (Å²) in [6.45, 7) is 3.28. The van der Waals surface area contributed by atoms with Crippen LogP contribution in [-0.4, -0.2) is 5.78 Å². The molecule has 0 unspecified atom stereocenters. The van der Waals surface area contributed by atoms with Gasteiger partial charge in [0.1, 0.15) is 11.6 Å². The van der Waals surface area contributed by atoms with Gasteiger partial charge in [-0.05, 0) is 28.1 Å². The molecule has 0 heterocycles. The summed E-state index contributed by atoms with van der Waals surface area (Å²) in [5, 5.41) is 0. The summed E-state index contributed by atoms with van der Waals surface area (Å²) >= 11 is 2.84. The molecule has 0 aliphatic carbocycles. The normalized spacial score (nSPS) is 10.7. The standard InChI is InChI=1S/C10H9BrF2O/c1-5(2)10(14)6-3-9(13)7(11)4-8(6)12/h3-5H,1-2H3. The van der Waals surface area contributed by atoms with E-state index in [1.807, 2.05) is 0 Å². The molecule has 1 aromatic carbocycles. The van der Waals surface area contributed by atoms with Gasteiger partial charge in [-0.3, -0.25) is 4.79 Å². The van der Waals surface area contributed by atoms with Crippen LogP contribution in [0.5, 0.6) is 0 Å². The molecule has 0 fully saturated rings. The molecule has 14 heavy (non-hydrogen) atoms. The third kappa shape index (κ3) is 2.18. The van der Waals surface area contributed by atoms with Crippen molar-refractivity contribution >= 4 is 21.7 Å². The van der Waals surface area contributed by atoms with Crippen LogP contribution in [0.1, 0.15) is 24.2 Å². The molecule has 1 nitrogen and oxygen atoms in total. The Labute approximate surface area is 89.3 Å². The summed E-state index contributed by atoms with van der Waals surface area (Å²) in [6.07, 6.45) is 0. The second-order valence-electron chi connectivity index (χ2n) is 3.27. The molecule has 0 bridgehead atoms. The minimum Gasteiger partial charge on any atom is -0.294 e. The van der Waals surface area contributed by atoms with Gasteiger partial charge in [-0.25, -0.2) is 8.78 Å². The van der Waals surface area contributed by atoms with Crippen molar-refractivity contribution in [1.82, 2.24) is 0 Å². The van der Waals surface area contributed by atoms with E-state index in [0.29, 0.717) is 0 Å². The zero-order valence-electron chi connectivity index (χ0n) is 7.77. The second kappa shape index (κ2) is 4.17. The predicted molar refractivity (Wildman–Crippen MR) is 53.2 cm³/mol. The van der Waals surface area contributed by atoms with Crippen molar-refractivity contribution in [2.24, 2.45) is 5.92 Å². The van der Waals surface area contributed by atoms with Gasteiger partial charge in [0.2, 0.25) is 0 Å². The van der Waals surface area contributed by atoms with E-state index in [-0.39, 0.29) is 16.0 Å². The number of hydrogen-bond acceptors (Lipinski definition) is 1. The lowest BCUT2D eigenvalue weighted by molar-refractivity contribution is 0.0934. The highest BCUT2D eigenvalue weighted by Crippen LogP contribution is 2.21. The predicted octanol–water partition coefficient (Wildman–Crippen LogP) is 3.57. The zero-order valence-corrected chi connectivity index (χ0v) is 9.36. The van der Waals surface area contributed by atoms with E-state index in [4.69, 9.17) is 0 Å². The SMILES string of the molecule is CC(C)C(=O)c1cc(F)c(Br)cc1F. The first kappa shape index (κ1) is 11.3. The number of benzene rings is 1. The molecule has 0 N–H and O–H groups in total. The minimum atomic E-state index is -0.697. The van der Waals surface area contributed by atoms with Gasteiger partial charge in [0.15, 0.2) is 5.78 Å². The summed E-state index contributed by atoms with van der Waals surface area (Å²) in [6, 6.07) is 1.88. The van der Waals surface area contributed by atoms with Crippen molar-refractivity contribution in [3.8, 4) is 0 Å². The Bertz CT molecular complexity index is 375. The van der Waals surface area contributed by atoms with Crippen molar-refractivity contribution < 1.29 is 13.6 Å². The van der Waals surface area contributed by atoms with Gasteiger partial charge in [0.05, 0.1) is 10.0 Å². The van der Waals surface area contributed by atoms with E-state index in [1.165, 1.54) is 0 Å². The Morgan fingerprint density at radius 2 is 1.86 bits per heavy atom. The van der Waals surface area contributed by atoms with E-state index in [1.54, 1.807) is 13.8 Å². The van der Waals surface area contributed by atoms with Gasteiger partial charge in [-0.2, -0.15) is 0 Å². The molecule has 1 rings (SSSR count). The van der Waals surface area contributed by atoms with Crippen molar-refractivity contribution in [2.75, 3.05) is 0 Å². The number of hydrogen-bond donors (Lipinski definition) is 0. The maximum atomic E-state index is 13.2. The van der Waals surface area contributed by atoms with Gasteiger partial charge < -0.3 is 0 Å². The molecule has 0 radical (unpaired) electrons. The summed E-state index contributed by atoms with van der Waals surface area (Å²) in [7, 11) is 0. The van der Waals surface area contributed by atoms with E-state index < -0.39 is 17.4 Å². The van der Waals surface area contributed by atoms with E-state index in [2.05, 4.69) is 15.9 Å². The van der Waals surface area contributed by atoms with Gasteiger partial charge in [-0.1, -0.05) is 13.8 Å². The molecular formula is C10H9BrF2O. The van der Waals surface area contributed by atoms with Gasteiger partial charge in [0, 0.05) is 5.92 Å². The average molecular weight is 263 g/mol. The van der Waals surface area contributed by atoms with Crippen LogP contribution >= 0.6 is 15.9 Å². The molecule has 0 saturated carbocycles. The second-order valence-corrected chi connectivity index (χ2v) is 4.12. The van der Waals surface area contributed by atoms with Crippen molar-refractivity contribution in [2.45, 2.75) is 13.8 Å². The van der Waals surface area contributed by atoms with Crippen LogP contribution in [0.2, 0.25) is 0 Å². The Balaban J connectivity index is 3.22. The smallest absolute Gasteiger partial charge is 0.168 e.